The molecule has 0 fully saturated rings. The van der Waals surface area contributed by atoms with E-state index < -0.39 is 20.0 Å². The third-order valence-corrected chi connectivity index (χ3v) is 8.24. The summed E-state index contributed by atoms with van der Waals surface area (Å²) in [5.41, 5.74) is 0.375. The fourth-order valence-electron chi connectivity index (χ4n) is 1.73. The molecule has 0 radical (unpaired) electrons. The maximum Gasteiger partial charge on any atom is 0.273 e. The van der Waals surface area contributed by atoms with Gasteiger partial charge in [0.2, 0.25) is 10.0 Å². The van der Waals surface area contributed by atoms with E-state index in [0.717, 1.165) is 12.2 Å². The molecular weight excluding hydrogens is 340 g/mol. The molecule has 0 aromatic carbocycles. The summed E-state index contributed by atoms with van der Waals surface area (Å²) in [6.45, 7) is 0.377. The van der Waals surface area contributed by atoms with Crippen molar-refractivity contribution in [1.82, 2.24) is 4.31 Å². The normalized spacial score (nSPS) is 17.2. The molecule has 2 heterocycles. The number of fused-ring (bicyclic) bond motifs is 1. The van der Waals surface area contributed by atoms with Gasteiger partial charge < -0.3 is 0 Å². The monoisotopic (exact) mass is 354 g/mol. The van der Waals surface area contributed by atoms with Crippen molar-refractivity contribution in [1.29, 1.82) is 0 Å². The summed E-state index contributed by atoms with van der Waals surface area (Å²) >= 11 is 2.34. The molecule has 0 amide bonds. The number of primary sulfonamides is 1. The lowest BCUT2D eigenvalue weighted by molar-refractivity contribution is 0.498. The third-order valence-electron chi connectivity index (χ3n) is 2.67. The molecule has 1 aliphatic rings. The number of thioether (sulfide) groups is 1. The van der Waals surface area contributed by atoms with E-state index in [0.29, 0.717) is 23.4 Å². The van der Waals surface area contributed by atoms with Crippen molar-refractivity contribution in [3.8, 4) is 0 Å². The van der Waals surface area contributed by atoms with Crippen LogP contribution in [0.4, 0.5) is 0 Å². The van der Waals surface area contributed by atoms with Crippen molar-refractivity contribution in [2.75, 3.05) is 18.6 Å². The molecule has 0 aliphatic carbocycles. The molecule has 10 heteroatoms. The first-order valence-electron chi connectivity index (χ1n) is 5.62. The van der Waals surface area contributed by atoms with Crippen LogP contribution in [-0.2, 0) is 20.0 Å². The Bertz CT molecular complexity index is 733. The average molecular weight is 355 g/mol. The van der Waals surface area contributed by atoms with E-state index in [1.165, 1.54) is 16.6 Å². The zero-order valence-corrected chi connectivity index (χ0v) is 13.9. The van der Waals surface area contributed by atoms with Gasteiger partial charge in [0.1, 0.15) is 8.42 Å². The number of rotatable bonds is 5. The van der Waals surface area contributed by atoms with Gasteiger partial charge in [-0.25, -0.2) is 22.0 Å². The van der Waals surface area contributed by atoms with Crippen LogP contribution in [0.15, 0.2) is 20.7 Å². The van der Waals surface area contributed by atoms with E-state index in [2.05, 4.69) is 0 Å². The van der Waals surface area contributed by atoms with Gasteiger partial charge in [-0.05, 0) is 30.6 Å². The van der Waals surface area contributed by atoms with E-state index in [4.69, 9.17) is 5.14 Å². The van der Waals surface area contributed by atoms with E-state index in [9.17, 15) is 16.8 Å². The molecule has 112 valence electrons. The van der Waals surface area contributed by atoms with Crippen LogP contribution in [0.5, 0.6) is 0 Å². The van der Waals surface area contributed by atoms with E-state index >= 15 is 0 Å². The molecule has 1 aliphatic heterocycles. The van der Waals surface area contributed by atoms with Crippen LogP contribution >= 0.6 is 23.1 Å². The van der Waals surface area contributed by atoms with E-state index in [1.807, 2.05) is 6.26 Å². The summed E-state index contributed by atoms with van der Waals surface area (Å²) in [5.74, 6) is 0.861. The first kappa shape index (κ1) is 15.8. The van der Waals surface area contributed by atoms with Gasteiger partial charge in [0, 0.05) is 18.3 Å². The van der Waals surface area contributed by atoms with Gasteiger partial charge in [0.15, 0.2) is 0 Å². The van der Waals surface area contributed by atoms with Gasteiger partial charge in [-0.1, -0.05) is 0 Å². The van der Waals surface area contributed by atoms with Crippen molar-refractivity contribution in [3.63, 3.8) is 0 Å². The van der Waals surface area contributed by atoms with Crippen LogP contribution in [0.3, 0.4) is 0 Å². The number of hydrogen-bond acceptors (Lipinski definition) is 6. The first-order valence-corrected chi connectivity index (χ1v) is 10.8. The molecule has 1 aromatic rings. The molecule has 20 heavy (non-hydrogen) atoms. The quantitative estimate of drug-likeness (QED) is 0.799. The largest absolute Gasteiger partial charge is 0.273 e. The second-order valence-electron chi connectivity index (χ2n) is 4.13. The van der Waals surface area contributed by atoms with Gasteiger partial charge in [-0.15, -0.1) is 11.3 Å². The Morgan fingerprint density at radius 3 is 2.75 bits per heavy atom. The number of nitrogens with zero attached hydrogens (tertiary/aromatic N) is 1. The van der Waals surface area contributed by atoms with Gasteiger partial charge in [0.25, 0.3) is 10.0 Å². The molecule has 0 bridgehead atoms. The number of nitrogens with two attached hydrogens (primary N) is 1. The zero-order chi connectivity index (χ0) is 15.0. The van der Waals surface area contributed by atoms with E-state index in [1.54, 1.807) is 17.8 Å². The molecule has 0 unspecified atom stereocenters. The lowest BCUT2D eigenvalue weighted by atomic mass is 10.3. The van der Waals surface area contributed by atoms with Gasteiger partial charge >= 0.3 is 0 Å². The molecule has 6 nitrogen and oxygen atoms in total. The van der Waals surface area contributed by atoms with Crippen LogP contribution in [0, 0.1) is 0 Å². The highest BCUT2D eigenvalue weighted by Gasteiger charge is 2.31. The summed E-state index contributed by atoms with van der Waals surface area (Å²) in [5, 5.41) is 5.04. The molecular formula is C10H14N2O4S4. The Morgan fingerprint density at radius 2 is 2.15 bits per heavy atom. The number of hydrogen-bond donors (Lipinski definition) is 1. The Balaban J connectivity index is 2.36. The van der Waals surface area contributed by atoms with Crippen molar-refractivity contribution >= 4 is 49.2 Å². The van der Waals surface area contributed by atoms with Crippen molar-refractivity contribution < 1.29 is 16.8 Å². The highest BCUT2D eigenvalue weighted by Crippen LogP contribution is 2.36. The van der Waals surface area contributed by atoms with Crippen molar-refractivity contribution in [2.45, 2.75) is 14.8 Å². The molecule has 0 spiro atoms. The maximum atomic E-state index is 12.4. The van der Waals surface area contributed by atoms with E-state index in [-0.39, 0.29) is 8.42 Å². The number of sulfonamides is 2. The van der Waals surface area contributed by atoms with Gasteiger partial charge in [0.05, 0.1) is 0 Å². The maximum absolute atomic E-state index is 12.4. The Morgan fingerprint density at radius 1 is 1.45 bits per heavy atom. The average Bonchev–Trinajstić information content (AvgIpc) is 2.77. The molecule has 0 saturated carbocycles. The molecule has 0 atom stereocenters. The van der Waals surface area contributed by atoms with Crippen LogP contribution in [-0.4, -0.2) is 39.7 Å². The smallest absolute Gasteiger partial charge is 0.273 e. The van der Waals surface area contributed by atoms with Crippen LogP contribution in [0.2, 0.25) is 0 Å². The summed E-state index contributed by atoms with van der Waals surface area (Å²) in [6.07, 6.45) is 5.75. The predicted molar refractivity (Wildman–Crippen MR) is 81.6 cm³/mol. The topological polar surface area (TPSA) is 97.5 Å². The van der Waals surface area contributed by atoms with Gasteiger partial charge in [-0.3, -0.25) is 4.31 Å². The van der Waals surface area contributed by atoms with Crippen LogP contribution in [0.25, 0.3) is 6.08 Å². The highest BCUT2D eigenvalue weighted by atomic mass is 32.3. The summed E-state index contributed by atoms with van der Waals surface area (Å²) in [6, 6.07) is 1.29. The third kappa shape index (κ3) is 3.03. The molecule has 2 N–H and O–H groups in total. The van der Waals surface area contributed by atoms with Crippen LogP contribution in [0.1, 0.15) is 12.0 Å². The fourth-order valence-corrected chi connectivity index (χ4v) is 6.13. The lowest BCUT2D eigenvalue weighted by Crippen LogP contribution is -2.29. The van der Waals surface area contributed by atoms with Crippen molar-refractivity contribution in [2.24, 2.45) is 5.14 Å². The Kier molecular flexibility index (Phi) is 4.50. The molecule has 1 aromatic heterocycles. The lowest BCUT2D eigenvalue weighted by Gasteiger charge is -2.22. The van der Waals surface area contributed by atoms with Crippen molar-refractivity contribution in [3.05, 3.63) is 17.8 Å². The number of thiophene rings is 1. The Hall–Kier alpha value is -0.550. The Labute approximate surface area is 126 Å². The fraction of sp³-hybridized carbons (Fsp3) is 0.400. The molecule has 2 rings (SSSR count). The minimum atomic E-state index is -3.89. The standard InChI is InChI=1S/C10H14N2O4S4/c1-17-6-2-4-12-5-3-8-7-9(19(11,13)14)18-10(8)20(12,15)16/h3,5,7H,2,4,6H2,1H3,(H2,11,13,14). The van der Waals surface area contributed by atoms with Crippen LogP contribution < -0.4 is 5.14 Å². The minimum Gasteiger partial charge on any atom is -0.273 e. The minimum absolute atomic E-state index is 0.0353. The first-order chi connectivity index (χ1) is 9.26. The second-order valence-corrected chi connectivity index (χ2v) is 10.0. The predicted octanol–water partition coefficient (Wildman–Crippen LogP) is 1.12. The summed E-state index contributed by atoms with van der Waals surface area (Å²) in [4.78, 5) is 0. The zero-order valence-electron chi connectivity index (χ0n) is 10.6. The summed E-state index contributed by atoms with van der Waals surface area (Å²) in [7, 11) is -7.55. The SMILES string of the molecule is CSCCCN1C=Cc2cc(S(N)(=O)=O)sc2S1(=O)=O. The highest BCUT2D eigenvalue weighted by molar-refractivity contribution is 7.98. The summed E-state index contributed by atoms with van der Waals surface area (Å²) < 4.78 is 48.5. The van der Waals surface area contributed by atoms with Gasteiger partial charge in [-0.2, -0.15) is 11.8 Å². The second kappa shape index (κ2) is 5.68. The molecule has 0 saturated heterocycles.